The van der Waals surface area contributed by atoms with E-state index in [0.717, 1.165) is 34.5 Å². The van der Waals surface area contributed by atoms with E-state index in [1.165, 1.54) is 6.20 Å². The number of nitrogens with one attached hydrogen (secondary N) is 1. The molecule has 0 unspecified atom stereocenters. The molecule has 1 aromatic heterocycles. The smallest absolute Gasteiger partial charge is 0.277 e. The van der Waals surface area contributed by atoms with E-state index in [4.69, 9.17) is 11.1 Å². The Balaban J connectivity index is 0.000000343. The maximum absolute atomic E-state index is 12.9. The summed E-state index contributed by atoms with van der Waals surface area (Å²) in [6.45, 7) is 3.70. The van der Waals surface area contributed by atoms with Crippen LogP contribution < -0.4 is 16.1 Å². The summed E-state index contributed by atoms with van der Waals surface area (Å²) < 4.78 is 1.59. The lowest BCUT2D eigenvalue weighted by atomic mass is 10.0. The molecule has 2 heterocycles. The number of aromatic nitrogens is 2. The maximum atomic E-state index is 12.9. The Morgan fingerprint density at radius 1 is 1.10 bits per heavy atom. The van der Waals surface area contributed by atoms with Gasteiger partial charge in [0.2, 0.25) is 0 Å². The predicted octanol–water partition coefficient (Wildman–Crippen LogP) is 4.30. The molecule has 0 fully saturated rings. The molecule has 42 heavy (non-hydrogen) atoms. The van der Waals surface area contributed by atoms with Crippen molar-refractivity contribution < 1.29 is 9.59 Å². The minimum atomic E-state index is -0.205. The van der Waals surface area contributed by atoms with E-state index in [-0.39, 0.29) is 5.91 Å². The molecule has 1 amide bonds. The fourth-order valence-corrected chi connectivity index (χ4v) is 4.49. The van der Waals surface area contributed by atoms with E-state index in [1.807, 2.05) is 74.6 Å². The van der Waals surface area contributed by atoms with Gasteiger partial charge in [0.25, 0.3) is 5.91 Å². The molecule has 5 rings (SSSR count). The second-order valence-electron chi connectivity index (χ2n) is 9.37. The second kappa shape index (κ2) is 14.2. The van der Waals surface area contributed by atoms with E-state index >= 15 is 0 Å². The van der Waals surface area contributed by atoms with Crippen LogP contribution in [0.1, 0.15) is 50.0 Å². The molecule has 0 aliphatic carbocycles. The highest BCUT2D eigenvalue weighted by molar-refractivity contribution is 6.38. The second-order valence-corrected chi connectivity index (χ2v) is 9.37. The van der Waals surface area contributed by atoms with Gasteiger partial charge in [-0.15, -0.1) is 0 Å². The first-order valence-corrected chi connectivity index (χ1v) is 13.5. The minimum absolute atomic E-state index is 0.205. The molecule has 10 heteroatoms. The van der Waals surface area contributed by atoms with Crippen LogP contribution in [0.4, 0.5) is 11.4 Å². The van der Waals surface area contributed by atoms with Crippen molar-refractivity contribution in [2.75, 3.05) is 30.4 Å². The summed E-state index contributed by atoms with van der Waals surface area (Å²) in [4.78, 5) is 30.0. The molecule has 0 bridgehead atoms. The first-order chi connectivity index (χ1) is 20.5. The summed E-state index contributed by atoms with van der Waals surface area (Å²) in [5, 5.41) is 19.4. The Hall–Kier alpha value is -5.56. The standard InChI is InChI=1S/C24H24N6O2.C8H8N2/c1-2-26-15-22(28-25)19-7-3-17(4-8-19)13-18-5-9-21(10-6-18)29-11-12-30-23(24(29)32)20(16-31)14-27-30;1-10-8-4-2-3-7(5-8)6-9/h3-10,14-16H,2,11-13,25H2,1H3;2-5,10H,1H3/b26-15?,28-22+;. The first-order valence-electron chi connectivity index (χ1n) is 13.5. The summed E-state index contributed by atoms with van der Waals surface area (Å²) >= 11 is 0. The van der Waals surface area contributed by atoms with Crippen molar-refractivity contribution >= 4 is 35.5 Å². The van der Waals surface area contributed by atoms with Crippen LogP contribution in [0.3, 0.4) is 0 Å². The number of benzene rings is 3. The monoisotopic (exact) mass is 560 g/mol. The van der Waals surface area contributed by atoms with Crippen molar-refractivity contribution in [2.24, 2.45) is 15.9 Å². The fourth-order valence-electron chi connectivity index (χ4n) is 4.49. The number of hydrogen-bond donors (Lipinski definition) is 2. The molecular weight excluding hydrogens is 528 g/mol. The lowest BCUT2D eigenvalue weighted by Gasteiger charge is -2.28. The molecule has 4 aromatic rings. The molecule has 212 valence electrons. The maximum Gasteiger partial charge on any atom is 0.277 e. The fraction of sp³-hybridized carbons (Fsp3) is 0.188. The SMILES string of the molecule is CCN=C/C(=N\N)c1ccc(Cc2ccc(N3CCn4ncc(C=O)c4C3=O)cc2)cc1.CNc1cccc(C#N)c1. The van der Waals surface area contributed by atoms with Crippen LogP contribution in [0.15, 0.2) is 89.1 Å². The Kier molecular flexibility index (Phi) is 9.94. The zero-order valence-electron chi connectivity index (χ0n) is 23.6. The van der Waals surface area contributed by atoms with E-state index in [1.54, 1.807) is 27.9 Å². The lowest BCUT2D eigenvalue weighted by Crippen LogP contribution is -2.41. The molecule has 0 saturated heterocycles. The highest BCUT2D eigenvalue weighted by Crippen LogP contribution is 2.24. The zero-order chi connectivity index (χ0) is 29.9. The third-order valence-electron chi connectivity index (χ3n) is 6.70. The van der Waals surface area contributed by atoms with Crippen molar-refractivity contribution in [1.82, 2.24) is 9.78 Å². The van der Waals surface area contributed by atoms with Gasteiger partial charge in [-0.1, -0.05) is 42.5 Å². The lowest BCUT2D eigenvalue weighted by molar-refractivity contribution is 0.0956. The molecule has 3 aromatic carbocycles. The number of amides is 1. The van der Waals surface area contributed by atoms with Crippen LogP contribution in [0, 0.1) is 11.3 Å². The number of anilines is 2. The number of aliphatic imine (C=N–C) groups is 1. The van der Waals surface area contributed by atoms with Gasteiger partial charge in [0.1, 0.15) is 11.4 Å². The average Bonchev–Trinajstić information content (AvgIpc) is 3.47. The molecule has 0 spiro atoms. The molecule has 3 N–H and O–H groups in total. The number of aldehydes is 1. The van der Waals surface area contributed by atoms with Crippen molar-refractivity contribution in [3.8, 4) is 6.07 Å². The van der Waals surface area contributed by atoms with E-state index in [2.05, 4.69) is 26.6 Å². The van der Waals surface area contributed by atoms with Crippen LogP contribution >= 0.6 is 0 Å². The van der Waals surface area contributed by atoms with Crippen molar-refractivity contribution in [3.05, 3.63) is 113 Å². The molecule has 10 nitrogen and oxygen atoms in total. The van der Waals surface area contributed by atoms with E-state index < -0.39 is 0 Å². The van der Waals surface area contributed by atoms with Gasteiger partial charge in [-0.2, -0.15) is 15.5 Å². The highest BCUT2D eigenvalue weighted by atomic mass is 16.2. The van der Waals surface area contributed by atoms with Crippen molar-refractivity contribution in [3.63, 3.8) is 0 Å². The summed E-state index contributed by atoms with van der Waals surface area (Å²) in [6, 6.07) is 25.4. The largest absolute Gasteiger partial charge is 0.388 e. The topological polar surface area (TPSA) is 142 Å². The number of nitrogens with two attached hydrogens (primary N) is 1. The molecule has 0 atom stereocenters. The average molecular weight is 561 g/mol. The van der Waals surface area contributed by atoms with Gasteiger partial charge in [-0.25, -0.2) is 0 Å². The van der Waals surface area contributed by atoms with Crippen molar-refractivity contribution in [2.45, 2.75) is 19.9 Å². The molecule has 0 radical (unpaired) electrons. The van der Waals surface area contributed by atoms with Crippen LogP contribution in [-0.4, -0.2) is 54.0 Å². The number of rotatable bonds is 8. The molecule has 1 aliphatic heterocycles. The molecular formula is C32H32N8O2. The van der Waals surface area contributed by atoms with E-state index in [9.17, 15) is 9.59 Å². The van der Waals surface area contributed by atoms with Gasteiger partial charge >= 0.3 is 0 Å². The van der Waals surface area contributed by atoms with Crippen LogP contribution in [0.5, 0.6) is 0 Å². The van der Waals surface area contributed by atoms with Crippen LogP contribution in [0.25, 0.3) is 0 Å². The minimum Gasteiger partial charge on any atom is -0.388 e. The summed E-state index contributed by atoms with van der Waals surface area (Å²) in [5.74, 6) is 5.27. The van der Waals surface area contributed by atoms with Crippen LogP contribution in [0.2, 0.25) is 0 Å². The van der Waals surface area contributed by atoms with Crippen molar-refractivity contribution in [1.29, 1.82) is 5.26 Å². The highest BCUT2D eigenvalue weighted by Gasteiger charge is 2.29. The molecule has 1 aliphatic rings. The Morgan fingerprint density at radius 2 is 1.81 bits per heavy atom. The Bertz CT molecular complexity index is 1630. The van der Waals surface area contributed by atoms with Gasteiger partial charge in [0, 0.05) is 43.3 Å². The normalized spacial score (nSPS) is 12.7. The number of fused-ring (bicyclic) bond motifs is 1. The third kappa shape index (κ3) is 6.95. The first kappa shape index (κ1) is 29.4. The number of hydrogen-bond acceptors (Lipinski definition) is 8. The number of nitriles is 1. The van der Waals surface area contributed by atoms with Gasteiger partial charge in [-0.05, 0) is 54.8 Å². The van der Waals surface area contributed by atoms with Crippen LogP contribution in [-0.2, 0) is 13.0 Å². The number of hydrazone groups is 1. The number of nitrogens with zero attached hydrogens (tertiary/aromatic N) is 6. The number of carbonyl (C=O) groups is 2. The summed E-state index contributed by atoms with van der Waals surface area (Å²) in [5.41, 5.74) is 6.98. The van der Waals surface area contributed by atoms with Gasteiger partial charge in [-0.3, -0.25) is 19.3 Å². The zero-order valence-corrected chi connectivity index (χ0v) is 23.6. The van der Waals surface area contributed by atoms with Gasteiger partial charge in [0.05, 0.1) is 29.9 Å². The Labute approximate surface area is 244 Å². The van der Waals surface area contributed by atoms with Gasteiger partial charge in [0.15, 0.2) is 6.29 Å². The quantitative estimate of drug-likeness (QED) is 0.142. The van der Waals surface area contributed by atoms with E-state index in [0.29, 0.717) is 48.5 Å². The molecule has 0 saturated carbocycles. The summed E-state index contributed by atoms with van der Waals surface area (Å²) in [6.07, 6.45) is 4.56. The summed E-state index contributed by atoms with van der Waals surface area (Å²) in [7, 11) is 1.83. The Morgan fingerprint density at radius 3 is 2.43 bits per heavy atom. The predicted molar refractivity (Wildman–Crippen MR) is 165 cm³/mol. The third-order valence-corrected chi connectivity index (χ3v) is 6.70. The number of carbonyl (C=O) groups excluding carboxylic acids is 2. The van der Waals surface area contributed by atoms with Gasteiger partial charge < -0.3 is 16.1 Å².